The highest BCUT2D eigenvalue weighted by Gasteiger charge is 2.32. The summed E-state index contributed by atoms with van der Waals surface area (Å²) in [5.41, 5.74) is -0.612. The zero-order valence-electron chi connectivity index (χ0n) is 11.1. The van der Waals surface area contributed by atoms with Gasteiger partial charge in [-0.05, 0) is 38.6 Å². The highest BCUT2D eigenvalue weighted by molar-refractivity contribution is 7.90. The monoisotopic (exact) mass is 263 g/mol. The Balaban J connectivity index is 2.37. The van der Waals surface area contributed by atoms with Crippen LogP contribution in [0.1, 0.15) is 32.6 Å². The molecule has 1 saturated carbocycles. The quantitative estimate of drug-likeness (QED) is 0.801. The molecular weight excluding hydrogens is 238 g/mol. The van der Waals surface area contributed by atoms with Crippen molar-refractivity contribution in [3.8, 4) is 0 Å². The third kappa shape index (κ3) is 5.84. The zero-order chi connectivity index (χ0) is 13.1. The molecule has 0 aliphatic heterocycles. The summed E-state index contributed by atoms with van der Waals surface area (Å²) in [7, 11) is -1.04. The number of hydrogen-bond donors (Lipinski definition) is 1. The van der Waals surface area contributed by atoms with E-state index in [2.05, 4.69) is 6.92 Å². The first-order valence-electron chi connectivity index (χ1n) is 6.29. The lowest BCUT2D eigenvalue weighted by molar-refractivity contribution is -0.0290. The van der Waals surface area contributed by atoms with Gasteiger partial charge in [0, 0.05) is 19.3 Å². The van der Waals surface area contributed by atoms with E-state index in [1.807, 2.05) is 11.9 Å². The molecule has 0 heterocycles. The molecule has 17 heavy (non-hydrogen) atoms. The Morgan fingerprint density at radius 1 is 1.35 bits per heavy atom. The summed E-state index contributed by atoms with van der Waals surface area (Å²) in [6, 6.07) is 0. The van der Waals surface area contributed by atoms with Gasteiger partial charge in [0.25, 0.3) is 0 Å². The lowest BCUT2D eigenvalue weighted by Gasteiger charge is -2.37. The fraction of sp³-hybridized carbons (Fsp3) is 1.00. The van der Waals surface area contributed by atoms with Gasteiger partial charge in [0.05, 0.1) is 11.4 Å². The molecule has 1 aliphatic rings. The zero-order valence-corrected chi connectivity index (χ0v) is 12.0. The molecule has 1 aliphatic carbocycles. The van der Waals surface area contributed by atoms with Crippen LogP contribution in [0.2, 0.25) is 0 Å². The Hall–Kier alpha value is -0.130. The molecule has 5 heteroatoms. The first-order chi connectivity index (χ1) is 7.70. The van der Waals surface area contributed by atoms with Crippen LogP contribution in [0, 0.1) is 5.92 Å². The number of nitrogens with zero attached hydrogens (tertiary/aromatic N) is 1. The summed E-state index contributed by atoms with van der Waals surface area (Å²) >= 11 is 0. The molecule has 0 unspecified atom stereocenters. The summed E-state index contributed by atoms with van der Waals surface area (Å²) in [6.07, 6.45) is 5.04. The molecule has 1 fully saturated rings. The first-order valence-corrected chi connectivity index (χ1v) is 8.35. The molecule has 0 saturated heterocycles. The van der Waals surface area contributed by atoms with Crippen LogP contribution in [-0.2, 0) is 9.84 Å². The number of hydrogen-bond acceptors (Lipinski definition) is 4. The lowest BCUT2D eigenvalue weighted by Crippen LogP contribution is -2.45. The predicted molar refractivity (Wildman–Crippen MR) is 69.8 cm³/mol. The van der Waals surface area contributed by atoms with Gasteiger partial charge < -0.3 is 10.0 Å². The number of likely N-dealkylation sites (N-methyl/N-ethyl adjacent to an activating group) is 1. The van der Waals surface area contributed by atoms with Crippen LogP contribution >= 0.6 is 0 Å². The Morgan fingerprint density at radius 3 is 2.35 bits per heavy atom. The minimum atomic E-state index is -2.91. The van der Waals surface area contributed by atoms with Crippen molar-refractivity contribution in [3.05, 3.63) is 0 Å². The summed E-state index contributed by atoms with van der Waals surface area (Å²) in [4.78, 5) is 1.93. The highest BCUT2D eigenvalue weighted by atomic mass is 32.2. The molecule has 0 radical (unpaired) electrons. The maximum Gasteiger partial charge on any atom is 0.148 e. The van der Waals surface area contributed by atoms with Crippen LogP contribution < -0.4 is 0 Å². The second kappa shape index (κ2) is 5.67. The van der Waals surface area contributed by atoms with Crippen molar-refractivity contribution in [1.82, 2.24) is 4.90 Å². The number of aliphatic hydroxyl groups is 1. The fourth-order valence-corrected chi connectivity index (χ4v) is 3.00. The third-order valence-corrected chi connectivity index (χ3v) is 4.54. The highest BCUT2D eigenvalue weighted by Crippen LogP contribution is 2.32. The van der Waals surface area contributed by atoms with Gasteiger partial charge in [-0.25, -0.2) is 8.42 Å². The van der Waals surface area contributed by atoms with Crippen molar-refractivity contribution in [1.29, 1.82) is 0 Å². The second-order valence-electron chi connectivity index (χ2n) is 5.77. The van der Waals surface area contributed by atoms with Crippen LogP contribution in [0.4, 0.5) is 0 Å². The average molecular weight is 263 g/mol. The molecule has 4 nitrogen and oxygen atoms in total. The van der Waals surface area contributed by atoms with Crippen LogP contribution in [0.25, 0.3) is 0 Å². The summed E-state index contributed by atoms with van der Waals surface area (Å²) in [5.74, 6) is 0.868. The normalized spacial score (nSPS) is 30.8. The standard InChI is InChI=1S/C12H25NO3S/c1-11-4-6-12(14,7-5-11)10-13(2)8-9-17(3,15)16/h11,14H,4-10H2,1-3H3. The van der Waals surface area contributed by atoms with E-state index in [0.717, 1.165) is 25.7 Å². The molecule has 0 bridgehead atoms. The van der Waals surface area contributed by atoms with Crippen molar-refractivity contribution >= 4 is 9.84 Å². The van der Waals surface area contributed by atoms with E-state index in [1.54, 1.807) is 0 Å². The van der Waals surface area contributed by atoms with Crippen molar-refractivity contribution in [2.45, 2.75) is 38.2 Å². The van der Waals surface area contributed by atoms with E-state index in [1.165, 1.54) is 6.26 Å². The van der Waals surface area contributed by atoms with Gasteiger partial charge >= 0.3 is 0 Å². The molecule has 1 N–H and O–H groups in total. The molecule has 102 valence electrons. The van der Waals surface area contributed by atoms with Crippen LogP contribution in [0.15, 0.2) is 0 Å². The van der Waals surface area contributed by atoms with Crippen LogP contribution in [-0.4, -0.2) is 56.2 Å². The summed E-state index contributed by atoms with van der Waals surface area (Å²) in [6.45, 7) is 3.29. The van der Waals surface area contributed by atoms with Gasteiger partial charge in [0.1, 0.15) is 9.84 Å². The fourth-order valence-electron chi connectivity index (χ4n) is 2.36. The second-order valence-corrected chi connectivity index (χ2v) is 8.03. The topological polar surface area (TPSA) is 57.6 Å². The van der Waals surface area contributed by atoms with Crippen molar-refractivity contribution in [2.75, 3.05) is 32.1 Å². The molecule has 0 spiro atoms. The molecule has 0 aromatic rings. The van der Waals surface area contributed by atoms with E-state index >= 15 is 0 Å². The predicted octanol–water partition coefficient (Wildman–Crippen LogP) is 0.904. The van der Waals surface area contributed by atoms with Gasteiger partial charge in [-0.1, -0.05) is 6.92 Å². The van der Waals surface area contributed by atoms with Crippen molar-refractivity contribution in [3.63, 3.8) is 0 Å². The Bertz CT molecular complexity index is 332. The van der Waals surface area contributed by atoms with Gasteiger partial charge in [-0.3, -0.25) is 0 Å². The minimum Gasteiger partial charge on any atom is -0.389 e. The minimum absolute atomic E-state index is 0.163. The smallest absolute Gasteiger partial charge is 0.148 e. The van der Waals surface area contributed by atoms with E-state index in [4.69, 9.17) is 0 Å². The van der Waals surface area contributed by atoms with Crippen LogP contribution in [0.5, 0.6) is 0 Å². The van der Waals surface area contributed by atoms with Crippen molar-refractivity contribution < 1.29 is 13.5 Å². The van der Waals surface area contributed by atoms with Gasteiger partial charge in [0.2, 0.25) is 0 Å². The molecule has 0 amide bonds. The molecule has 0 aromatic heterocycles. The van der Waals surface area contributed by atoms with E-state index in [-0.39, 0.29) is 5.75 Å². The van der Waals surface area contributed by atoms with Gasteiger partial charge in [-0.15, -0.1) is 0 Å². The molecule has 0 aromatic carbocycles. The molecule has 1 rings (SSSR count). The van der Waals surface area contributed by atoms with E-state index in [0.29, 0.717) is 19.0 Å². The van der Waals surface area contributed by atoms with E-state index < -0.39 is 15.4 Å². The largest absolute Gasteiger partial charge is 0.389 e. The number of sulfone groups is 1. The van der Waals surface area contributed by atoms with E-state index in [9.17, 15) is 13.5 Å². The Morgan fingerprint density at radius 2 is 1.88 bits per heavy atom. The summed E-state index contributed by atoms with van der Waals surface area (Å²) in [5, 5.41) is 10.4. The number of rotatable bonds is 5. The maximum absolute atomic E-state index is 11.1. The van der Waals surface area contributed by atoms with Gasteiger partial charge in [-0.2, -0.15) is 0 Å². The summed E-state index contributed by atoms with van der Waals surface area (Å²) < 4.78 is 22.1. The first kappa shape index (κ1) is 14.9. The molecular formula is C12H25NO3S. The third-order valence-electron chi connectivity index (χ3n) is 3.61. The maximum atomic E-state index is 11.1. The molecule has 0 atom stereocenters. The average Bonchev–Trinajstić information content (AvgIpc) is 2.19. The SMILES string of the molecule is CC1CCC(O)(CN(C)CCS(C)(=O)=O)CC1. The lowest BCUT2D eigenvalue weighted by atomic mass is 9.79. The van der Waals surface area contributed by atoms with Crippen molar-refractivity contribution in [2.24, 2.45) is 5.92 Å². The van der Waals surface area contributed by atoms with Gasteiger partial charge in [0.15, 0.2) is 0 Å². The Labute approximate surface area is 105 Å². The Kier molecular flexibility index (Phi) is 4.98. The van der Waals surface area contributed by atoms with Crippen LogP contribution in [0.3, 0.4) is 0 Å².